The van der Waals surface area contributed by atoms with Crippen LogP contribution in [0.15, 0.2) is 34.7 Å². The minimum atomic E-state index is -3.92. The van der Waals surface area contributed by atoms with E-state index in [1.165, 1.54) is 0 Å². The molecular weight excluding hydrogens is 304 g/mol. The summed E-state index contributed by atoms with van der Waals surface area (Å²) in [5.41, 5.74) is 0.824. The van der Waals surface area contributed by atoms with Crippen molar-refractivity contribution >= 4 is 32.6 Å². The number of hydrogen-bond acceptors (Lipinski definition) is 7. The maximum absolute atomic E-state index is 11.5. The van der Waals surface area contributed by atoms with Crippen LogP contribution in [-0.4, -0.2) is 24.7 Å². The Kier molecular flexibility index (Phi) is 4.27. The van der Waals surface area contributed by atoms with E-state index in [0.29, 0.717) is 11.3 Å². The van der Waals surface area contributed by atoms with Crippen molar-refractivity contribution in [1.82, 2.24) is 10.2 Å². The lowest BCUT2D eigenvalue weighted by molar-refractivity contribution is 0.155. The number of nitrogens with one attached hydrogen (secondary N) is 1. The number of ether oxygens (including phenoxy) is 1. The first-order valence-electron chi connectivity index (χ1n) is 5.29. The summed E-state index contributed by atoms with van der Waals surface area (Å²) >= 11 is 0.643. The highest BCUT2D eigenvalue weighted by molar-refractivity contribution is 7.91. The van der Waals surface area contributed by atoms with Crippen LogP contribution in [0.3, 0.4) is 0 Å². The number of sulfonamides is 1. The second-order valence-corrected chi connectivity index (χ2v) is 6.32. The van der Waals surface area contributed by atoms with Crippen LogP contribution in [0.25, 0.3) is 0 Å². The number of carbonyl (C=O) groups excluding carboxylic acids is 1. The van der Waals surface area contributed by atoms with Crippen molar-refractivity contribution in [2.75, 3.05) is 5.32 Å². The number of hydrogen-bond donors (Lipinski definition) is 2. The highest BCUT2D eigenvalue weighted by Gasteiger charge is 2.16. The third-order valence-electron chi connectivity index (χ3n) is 2.07. The average molecular weight is 314 g/mol. The van der Waals surface area contributed by atoms with Crippen molar-refractivity contribution in [3.8, 4) is 0 Å². The van der Waals surface area contributed by atoms with Gasteiger partial charge in [0.1, 0.15) is 6.61 Å². The number of rotatable bonds is 4. The molecule has 0 fully saturated rings. The molecule has 0 unspecified atom stereocenters. The second-order valence-electron chi connectivity index (χ2n) is 3.60. The molecule has 0 saturated heterocycles. The average Bonchev–Trinajstić information content (AvgIpc) is 2.86. The number of anilines is 1. The van der Waals surface area contributed by atoms with Gasteiger partial charge < -0.3 is 4.74 Å². The minimum Gasteiger partial charge on any atom is -0.444 e. The molecule has 20 heavy (non-hydrogen) atoms. The van der Waals surface area contributed by atoms with E-state index in [2.05, 4.69) is 15.5 Å². The third-order valence-corrected chi connectivity index (χ3v) is 4.22. The summed E-state index contributed by atoms with van der Waals surface area (Å²) in [6, 6.07) is 9.09. The fraction of sp³-hybridized carbons (Fsp3) is 0.100. The Morgan fingerprint density at radius 1 is 1.30 bits per heavy atom. The molecule has 0 aliphatic heterocycles. The molecule has 0 bridgehead atoms. The maximum atomic E-state index is 11.5. The molecule has 10 heteroatoms. The number of primary sulfonamides is 1. The lowest BCUT2D eigenvalue weighted by Gasteiger charge is -2.04. The quantitative estimate of drug-likeness (QED) is 0.809. The van der Waals surface area contributed by atoms with Gasteiger partial charge in [-0.05, 0) is 5.56 Å². The summed E-state index contributed by atoms with van der Waals surface area (Å²) in [4.78, 5) is 11.5. The maximum Gasteiger partial charge on any atom is 0.413 e. The number of benzene rings is 1. The van der Waals surface area contributed by atoms with Gasteiger partial charge in [0.15, 0.2) is 0 Å². The summed E-state index contributed by atoms with van der Waals surface area (Å²) in [6.45, 7) is 0.0908. The van der Waals surface area contributed by atoms with E-state index in [9.17, 15) is 13.2 Å². The molecule has 0 aliphatic rings. The fourth-order valence-corrected chi connectivity index (χ4v) is 2.54. The van der Waals surface area contributed by atoms with Crippen LogP contribution in [0, 0.1) is 0 Å². The molecular formula is C10H10N4O4S2. The summed E-state index contributed by atoms with van der Waals surface area (Å²) in [7, 11) is -3.92. The molecule has 106 valence electrons. The van der Waals surface area contributed by atoms with Gasteiger partial charge >= 0.3 is 6.09 Å². The Labute approximate surface area is 118 Å². The SMILES string of the molecule is NS(=O)(=O)c1nnc(NC(=O)OCc2ccccc2)s1. The van der Waals surface area contributed by atoms with Crippen LogP contribution >= 0.6 is 11.3 Å². The van der Waals surface area contributed by atoms with Gasteiger partial charge in [-0.25, -0.2) is 18.4 Å². The zero-order valence-electron chi connectivity index (χ0n) is 10.0. The monoisotopic (exact) mass is 314 g/mol. The lowest BCUT2D eigenvalue weighted by atomic mass is 10.2. The molecule has 1 amide bonds. The Hall–Kier alpha value is -2.04. The van der Waals surface area contributed by atoms with Gasteiger partial charge in [0.2, 0.25) is 9.47 Å². The van der Waals surface area contributed by atoms with Crippen molar-refractivity contribution in [1.29, 1.82) is 0 Å². The number of nitrogens with two attached hydrogens (primary N) is 1. The molecule has 0 aliphatic carbocycles. The molecule has 1 aromatic carbocycles. The topological polar surface area (TPSA) is 124 Å². The number of aromatic nitrogens is 2. The molecule has 1 aromatic heterocycles. The van der Waals surface area contributed by atoms with Crippen LogP contribution in [0.2, 0.25) is 0 Å². The first kappa shape index (κ1) is 14.4. The fourth-order valence-electron chi connectivity index (χ4n) is 1.22. The first-order chi connectivity index (χ1) is 9.45. The predicted molar refractivity (Wildman–Crippen MR) is 71.5 cm³/mol. The molecule has 2 rings (SSSR count). The van der Waals surface area contributed by atoms with E-state index in [1.54, 1.807) is 12.1 Å². The van der Waals surface area contributed by atoms with Gasteiger partial charge in [0.05, 0.1) is 0 Å². The standard InChI is InChI=1S/C10H10N4O4S2/c11-20(16,17)10-14-13-8(19-10)12-9(15)18-6-7-4-2-1-3-5-7/h1-5H,6H2,(H2,11,16,17)(H,12,13,15). The summed E-state index contributed by atoms with van der Waals surface area (Å²) in [5, 5.41) is 14.0. The Bertz CT molecular complexity index is 699. The number of nitrogens with zero attached hydrogens (tertiary/aromatic N) is 2. The van der Waals surface area contributed by atoms with E-state index >= 15 is 0 Å². The van der Waals surface area contributed by atoms with Crippen molar-refractivity contribution < 1.29 is 17.9 Å². The van der Waals surface area contributed by atoms with Gasteiger partial charge in [0, 0.05) is 0 Å². The second kappa shape index (κ2) is 5.94. The number of amides is 1. The van der Waals surface area contributed by atoms with Gasteiger partial charge in [-0.15, -0.1) is 10.2 Å². The summed E-state index contributed by atoms with van der Waals surface area (Å²) in [5.74, 6) is 0. The first-order valence-corrected chi connectivity index (χ1v) is 7.65. The largest absolute Gasteiger partial charge is 0.444 e. The zero-order valence-corrected chi connectivity index (χ0v) is 11.6. The van der Waals surface area contributed by atoms with Crippen molar-refractivity contribution in [2.24, 2.45) is 5.14 Å². The normalized spacial score (nSPS) is 11.1. The van der Waals surface area contributed by atoms with Crippen LogP contribution in [0.1, 0.15) is 5.56 Å². The van der Waals surface area contributed by atoms with Crippen LogP contribution in [0.4, 0.5) is 9.93 Å². The summed E-state index contributed by atoms with van der Waals surface area (Å²) < 4.78 is 26.5. The molecule has 2 aromatic rings. The van der Waals surface area contributed by atoms with Gasteiger partial charge in [-0.2, -0.15) is 0 Å². The highest BCUT2D eigenvalue weighted by atomic mass is 32.2. The van der Waals surface area contributed by atoms with E-state index < -0.39 is 16.1 Å². The Morgan fingerprint density at radius 2 is 2.00 bits per heavy atom. The molecule has 3 N–H and O–H groups in total. The van der Waals surface area contributed by atoms with Gasteiger partial charge in [-0.3, -0.25) is 5.32 Å². The van der Waals surface area contributed by atoms with Crippen LogP contribution < -0.4 is 10.5 Å². The van der Waals surface area contributed by atoms with Crippen molar-refractivity contribution in [2.45, 2.75) is 10.9 Å². The zero-order chi connectivity index (χ0) is 14.6. The minimum absolute atomic E-state index is 0.00733. The van der Waals surface area contributed by atoms with Crippen molar-refractivity contribution in [3.63, 3.8) is 0 Å². The molecule has 1 heterocycles. The molecule has 0 atom stereocenters. The molecule has 8 nitrogen and oxygen atoms in total. The van der Waals surface area contributed by atoms with Crippen LogP contribution in [0.5, 0.6) is 0 Å². The smallest absolute Gasteiger partial charge is 0.413 e. The van der Waals surface area contributed by atoms with E-state index in [-0.39, 0.29) is 16.1 Å². The number of carbonyl (C=O) groups is 1. The van der Waals surface area contributed by atoms with Gasteiger partial charge in [-0.1, -0.05) is 41.7 Å². The van der Waals surface area contributed by atoms with E-state index in [4.69, 9.17) is 9.88 Å². The highest BCUT2D eigenvalue weighted by Crippen LogP contribution is 2.18. The predicted octanol–water partition coefficient (Wildman–Crippen LogP) is 0.934. The van der Waals surface area contributed by atoms with E-state index in [0.717, 1.165) is 5.56 Å². The molecule has 0 radical (unpaired) electrons. The Morgan fingerprint density at radius 3 is 2.60 bits per heavy atom. The third kappa shape index (κ3) is 3.98. The van der Waals surface area contributed by atoms with E-state index in [1.807, 2.05) is 18.2 Å². The Balaban J connectivity index is 1.90. The van der Waals surface area contributed by atoms with Crippen LogP contribution in [-0.2, 0) is 21.4 Å². The molecule has 0 spiro atoms. The lowest BCUT2D eigenvalue weighted by Crippen LogP contribution is -2.13. The van der Waals surface area contributed by atoms with Crippen molar-refractivity contribution in [3.05, 3.63) is 35.9 Å². The van der Waals surface area contributed by atoms with Gasteiger partial charge in [0.25, 0.3) is 10.0 Å². The molecule has 0 saturated carbocycles. The summed E-state index contributed by atoms with van der Waals surface area (Å²) in [6.07, 6.45) is -0.758.